The Balaban J connectivity index is 2.11. The molecule has 1 atom stereocenters. The molecule has 0 spiro atoms. The SMILES string of the molecule is O=C(Cn1ccc(=O)[nH]c1=O)N1CCCCC1CO. The fraction of sp³-hybridized carbons (Fsp3) is 0.583. The van der Waals surface area contributed by atoms with Gasteiger partial charge in [0.1, 0.15) is 6.54 Å². The highest BCUT2D eigenvalue weighted by atomic mass is 16.3. The van der Waals surface area contributed by atoms with E-state index < -0.39 is 11.2 Å². The first-order valence-electron chi connectivity index (χ1n) is 6.32. The second kappa shape index (κ2) is 5.83. The van der Waals surface area contributed by atoms with Crippen LogP contribution in [0.1, 0.15) is 19.3 Å². The molecule has 1 unspecified atom stereocenters. The summed E-state index contributed by atoms with van der Waals surface area (Å²) in [5, 5.41) is 9.26. The minimum Gasteiger partial charge on any atom is -0.394 e. The van der Waals surface area contributed by atoms with Gasteiger partial charge in [-0.05, 0) is 19.3 Å². The van der Waals surface area contributed by atoms with E-state index >= 15 is 0 Å². The monoisotopic (exact) mass is 267 g/mol. The van der Waals surface area contributed by atoms with Gasteiger partial charge >= 0.3 is 5.69 Å². The summed E-state index contributed by atoms with van der Waals surface area (Å²) in [6.07, 6.45) is 3.98. The number of likely N-dealkylation sites (tertiary alicyclic amines) is 1. The molecule has 2 heterocycles. The van der Waals surface area contributed by atoms with Crippen LogP contribution in [0.5, 0.6) is 0 Å². The first-order valence-corrected chi connectivity index (χ1v) is 6.32. The van der Waals surface area contributed by atoms with Crippen LogP contribution in [0.4, 0.5) is 0 Å². The van der Waals surface area contributed by atoms with Crippen molar-refractivity contribution in [3.8, 4) is 0 Å². The third kappa shape index (κ3) is 3.11. The van der Waals surface area contributed by atoms with Crippen molar-refractivity contribution < 1.29 is 9.90 Å². The van der Waals surface area contributed by atoms with E-state index in [-0.39, 0.29) is 25.1 Å². The number of carbonyl (C=O) groups excluding carboxylic acids is 1. The van der Waals surface area contributed by atoms with Crippen LogP contribution >= 0.6 is 0 Å². The lowest BCUT2D eigenvalue weighted by Gasteiger charge is -2.34. The number of carbonyl (C=O) groups is 1. The van der Waals surface area contributed by atoms with Gasteiger partial charge in [-0.2, -0.15) is 0 Å². The molecular weight excluding hydrogens is 250 g/mol. The molecule has 1 aliphatic rings. The molecule has 2 N–H and O–H groups in total. The van der Waals surface area contributed by atoms with E-state index in [9.17, 15) is 19.5 Å². The average Bonchev–Trinajstić information content (AvgIpc) is 2.41. The average molecular weight is 267 g/mol. The van der Waals surface area contributed by atoms with Gasteiger partial charge in [0.15, 0.2) is 0 Å². The first kappa shape index (κ1) is 13.5. The number of aliphatic hydroxyl groups is 1. The molecule has 19 heavy (non-hydrogen) atoms. The van der Waals surface area contributed by atoms with Crippen LogP contribution in [0, 0.1) is 0 Å². The molecular formula is C12H17N3O4. The van der Waals surface area contributed by atoms with Gasteiger partial charge in [-0.3, -0.25) is 19.1 Å². The van der Waals surface area contributed by atoms with Gasteiger partial charge in [0.05, 0.1) is 12.6 Å². The fourth-order valence-electron chi connectivity index (χ4n) is 2.32. The molecule has 1 fully saturated rings. The second-order valence-corrected chi connectivity index (χ2v) is 4.66. The van der Waals surface area contributed by atoms with Crippen LogP contribution in [0.2, 0.25) is 0 Å². The normalized spacial score (nSPS) is 19.4. The Labute approximate surface area is 109 Å². The molecule has 0 aliphatic carbocycles. The molecule has 0 bridgehead atoms. The van der Waals surface area contributed by atoms with Crippen LogP contribution in [0.3, 0.4) is 0 Å². The summed E-state index contributed by atoms with van der Waals surface area (Å²) in [5.74, 6) is -0.215. The van der Waals surface area contributed by atoms with Gasteiger partial charge in [0.2, 0.25) is 5.91 Å². The number of piperidine rings is 1. The van der Waals surface area contributed by atoms with E-state index in [1.165, 1.54) is 12.3 Å². The number of hydrogen-bond donors (Lipinski definition) is 2. The Morgan fingerprint density at radius 1 is 1.42 bits per heavy atom. The van der Waals surface area contributed by atoms with Gasteiger partial charge in [-0.15, -0.1) is 0 Å². The molecule has 1 aromatic heterocycles. The minimum atomic E-state index is -0.599. The molecule has 0 aromatic carbocycles. The number of aromatic nitrogens is 2. The van der Waals surface area contributed by atoms with E-state index in [2.05, 4.69) is 4.98 Å². The van der Waals surface area contributed by atoms with Gasteiger partial charge in [-0.1, -0.05) is 0 Å². The summed E-state index contributed by atoms with van der Waals surface area (Å²) in [5.41, 5.74) is -1.08. The summed E-state index contributed by atoms with van der Waals surface area (Å²) in [6, 6.07) is 1.04. The largest absolute Gasteiger partial charge is 0.394 e. The number of amides is 1. The number of nitrogens with one attached hydrogen (secondary N) is 1. The van der Waals surface area contributed by atoms with E-state index in [0.29, 0.717) is 6.54 Å². The molecule has 1 aromatic rings. The molecule has 7 heteroatoms. The zero-order chi connectivity index (χ0) is 13.8. The summed E-state index contributed by atoms with van der Waals surface area (Å²) in [7, 11) is 0. The predicted octanol–water partition coefficient (Wildman–Crippen LogP) is -1.09. The quantitative estimate of drug-likeness (QED) is 0.727. The number of aliphatic hydroxyl groups excluding tert-OH is 1. The molecule has 0 radical (unpaired) electrons. The molecule has 1 amide bonds. The zero-order valence-corrected chi connectivity index (χ0v) is 10.5. The van der Waals surface area contributed by atoms with Gasteiger partial charge < -0.3 is 10.0 Å². The smallest absolute Gasteiger partial charge is 0.328 e. The van der Waals surface area contributed by atoms with Crippen LogP contribution in [0.15, 0.2) is 21.9 Å². The van der Waals surface area contributed by atoms with E-state index in [0.717, 1.165) is 23.8 Å². The van der Waals surface area contributed by atoms with Crippen molar-refractivity contribution in [2.45, 2.75) is 31.8 Å². The molecule has 104 valence electrons. The summed E-state index contributed by atoms with van der Waals surface area (Å²) in [6.45, 7) is 0.417. The van der Waals surface area contributed by atoms with Crippen molar-refractivity contribution in [2.24, 2.45) is 0 Å². The van der Waals surface area contributed by atoms with Crippen LogP contribution < -0.4 is 11.2 Å². The topological polar surface area (TPSA) is 95.4 Å². The third-order valence-corrected chi connectivity index (χ3v) is 3.36. The Kier molecular flexibility index (Phi) is 4.16. The lowest BCUT2D eigenvalue weighted by atomic mass is 10.0. The number of nitrogens with zero attached hydrogens (tertiary/aromatic N) is 2. The van der Waals surface area contributed by atoms with Crippen LogP contribution in [0.25, 0.3) is 0 Å². The lowest BCUT2D eigenvalue weighted by Crippen LogP contribution is -2.48. The van der Waals surface area contributed by atoms with Crippen LogP contribution in [-0.4, -0.2) is 44.7 Å². The third-order valence-electron chi connectivity index (χ3n) is 3.36. The number of aromatic amines is 1. The summed E-state index contributed by atoms with van der Waals surface area (Å²) >= 11 is 0. The number of hydrogen-bond acceptors (Lipinski definition) is 4. The Bertz CT molecular complexity index is 563. The van der Waals surface area contributed by atoms with Crippen molar-refractivity contribution in [2.75, 3.05) is 13.2 Å². The van der Waals surface area contributed by atoms with Crippen molar-refractivity contribution >= 4 is 5.91 Å². The molecule has 1 saturated heterocycles. The molecule has 2 rings (SSSR count). The molecule has 1 aliphatic heterocycles. The number of H-pyrrole nitrogens is 1. The first-order chi connectivity index (χ1) is 9.11. The second-order valence-electron chi connectivity index (χ2n) is 4.66. The number of rotatable bonds is 3. The highest BCUT2D eigenvalue weighted by Gasteiger charge is 2.26. The van der Waals surface area contributed by atoms with Crippen molar-refractivity contribution in [3.63, 3.8) is 0 Å². The van der Waals surface area contributed by atoms with Crippen molar-refractivity contribution in [1.29, 1.82) is 0 Å². The van der Waals surface area contributed by atoms with E-state index in [4.69, 9.17) is 0 Å². The lowest BCUT2D eigenvalue weighted by molar-refractivity contribution is -0.136. The maximum Gasteiger partial charge on any atom is 0.328 e. The highest BCUT2D eigenvalue weighted by Crippen LogP contribution is 2.16. The molecule has 7 nitrogen and oxygen atoms in total. The van der Waals surface area contributed by atoms with E-state index in [1.807, 2.05) is 0 Å². The summed E-state index contributed by atoms with van der Waals surface area (Å²) < 4.78 is 1.16. The maximum atomic E-state index is 12.1. The Hall–Kier alpha value is -1.89. The van der Waals surface area contributed by atoms with Crippen molar-refractivity contribution in [1.82, 2.24) is 14.5 Å². The minimum absolute atomic E-state index is 0.0632. The van der Waals surface area contributed by atoms with Gasteiger partial charge in [0, 0.05) is 18.8 Å². The summed E-state index contributed by atoms with van der Waals surface area (Å²) in [4.78, 5) is 38.3. The predicted molar refractivity (Wildman–Crippen MR) is 67.8 cm³/mol. The Morgan fingerprint density at radius 2 is 2.21 bits per heavy atom. The maximum absolute atomic E-state index is 12.1. The van der Waals surface area contributed by atoms with E-state index in [1.54, 1.807) is 4.90 Å². The van der Waals surface area contributed by atoms with Gasteiger partial charge in [-0.25, -0.2) is 4.79 Å². The zero-order valence-electron chi connectivity index (χ0n) is 10.5. The standard InChI is InChI=1S/C12H17N3O4/c16-8-9-3-1-2-5-15(9)11(18)7-14-6-4-10(17)13-12(14)19/h4,6,9,16H,1-3,5,7-8H2,(H,13,17,19). The Morgan fingerprint density at radius 3 is 2.89 bits per heavy atom. The fourth-order valence-corrected chi connectivity index (χ4v) is 2.32. The highest BCUT2D eigenvalue weighted by molar-refractivity contribution is 5.76. The van der Waals surface area contributed by atoms with Crippen LogP contribution in [-0.2, 0) is 11.3 Å². The molecule has 0 saturated carbocycles. The van der Waals surface area contributed by atoms with Crippen molar-refractivity contribution in [3.05, 3.63) is 33.1 Å². The van der Waals surface area contributed by atoms with Gasteiger partial charge in [0.25, 0.3) is 5.56 Å².